The van der Waals surface area contributed by atoms with Gasteiger partial charge in [-0.3, -0.25) is 0 Å². The molecule has 0 aromatic carbocycles. The van der Waals surface area contributed by atoms with Crippen molar-refractivity contribution in [3.05, 3.63) is 0 Å². The SMILES string of the molecule is CC#C[Si](OCCN(CCCC)CCCC)(OCCN(CCCC)CCCC)OCCN(CCCC)CCCC. The third-order valence-corrected chi connectivity index (χ3v) is 9.65. The lowest BCUT2D eigenvalue weighted by molar-refractivity contribution is 0.0504. The van der Waals surface area contributed by atoms with Crippen LogP contribution in [0.3, 0.4) is 0 Å². The zero-order valence-electron chi connectivity index (χ0n) is 28.0. The molecule has 0 aromatic rings. The predicted molar refractivity (Wildman–Crippen MR) is 176 cm³/mol. The van der Waals surface area contributed by atoms with E-state index in [0.717, 1.165) is 58.9 Å². The summed E-state index contributed by atoms with van der Waals surface area (Å²) in [7, 11) is -3.12. The van der Waals surface area contributed by atoms with Crippen molar-refractivity contribution in [1.82, 2.24) is 14.7 Å². The Balaban J connectivity index is 5.44. The van der Waals surface area contributed by atoms with E-state index in [1.54, 1.807) is 0 Å². The summed E-state index contributed by atoms with van der Waals surface area (Å²) in [5, 5.41) is 0. The summed E-state index contributed by atoms with van der Waals surface area (Å²) in [6.07, 6.45) is 14.7. The lowest BCUT2D eigenvalue weighted by Gasteiger charge is -2.30. The number of rotatable bonds is 30. The summed E-state index contributed by atoms with van der Waals surface area (Å²) in [6.45, 7) is 26.8. The van der Waals surface area contributed by atoms with E-state index in [0.29, 0.717) is 19.8 Å². The van der Waals surface area contributed by atoms with Gasteiger partial charge in [-0.1, -0.05) is 80.1 Å². The molecule has 0 rings (SSSR count). The van der Waals surface area contributed by atoms with E-state index in [9.17, 15) is 0 Å². The molecular weight excluding hydrogens is 514 g/mol. The molecule has 0 atom stereocenters. The first-order valence-electron chi connectivity index (χ1n) is 17.1. The highest BCUT2D eigenvalue weighted by molar-refractivity contribution is 6.69. The Morgan fingerprint density at radius 1 is 0.425 bits per heavy atom. The first kappa shape index (κ1) is 39.5. The minimum absolute atomic E-state index is 0.610. The highest BCUT2D eigenvalue weighted by atomic mass is 28.4. The summed E-state index contributed by atoms with van der Waals surface area (Å²) in [6, 6.07) is 0. The van der Waals surface area contributed by atoms with Crippen molar-refractivity contribution in [3.8, 4) is 11.5 Å². The molecule has 238 valence electrons. The maximum absolute atomic E-state index is 6.59. The van der Waals surface area contributed by atoms with Gasteiger partial charge >= 0.3 is 8.80 Å². The van der Waals surface area contributed by atoms with Crippen LogP contribution in [0, 0.1) is 11.5 Å². The standard InChI is InChI=1S/C33H69N3O3Si/c1-8-15-21-34(22-16-9-2)27-30-37-40(33-14-7,38-31-28-35(23-17-10-3)24-18-11-4)39-32-29-36(25-19-12-5)26-20-13-6/h8-13,15-32H2,1-7H3. The second-order valence-electron chi connectivity index (χ2n) is 11.1. The van der Waals surface area contributed by atoms with Crippen LogP contribution in [0.5, 0.6) is 0 Å². The van der Waals surface area contributed by atoms with Gasteiger partial charge in [-0.25, -0.2) is 0 Å². The Labute approximate surface area is 252 Å². The van der Waals surface area contributed by atoms with E-state index in [-0.39, 0.29) is 0 Å². The molecule has 0 aliphatic carbocycles. The van der Waals surface area contributed by atoms with Gasteiger partial charge in [-0.05, 0) is 90.3 Å². The molecule has 0 saturated carbocycles. The molecule has 0 spiro atoms. The Kier molecular flexibility index (Phi) is 28.3. The summed E-state index contributed by atoms with van der Waals surface area (Å²) in [5.41, 5.74) is 3.34. The van der Waals surface area contributed by atoms with Crippen LogP contribution in [0.15, 0.2) is 0 Å². The molecular formula is C33H69N3O3Si. The highest BCUT2D eigenvalue weighted by Crippen LogP contribution is 2.12. The third kappa shape index (κ3) is 21.3. The Hall–Kier alpha value is -0.463. The molecule has 0 aliphatic rings. The van der Waals surface area contributed by atoms with E-state index in [1.165, 1.54) is 77.0 Å². The normalized spacial score (nSPS) is 12.1. The van der Waals surface area contributed by atoms with Crippen molar-refractivity contribution in [3.63, 3.8) is 0 Å². The molecule has 0 radical (unpaired) electrons. The van der Waals surface area contributed by atoms with Gasteiger partial charge in [0.15, 0.2) is 0 Å². The van der Waals surface area contributed by atoms with Crippen molar-refractivity contribution in [2.75, 3.05) is 78.7 Å². The minimum Gasteiger partial charge on any atom is -0.363 e. The lowest BCUT2D eigenvalue weighted by atomic mass is 10.2. The molecule has 6 nitrogen and oxygen atoms in total. The van der Waals surface area contributed by atoms with Gasteiger partial charge in [0.05, 0.1) is 19.8 Å². The van der Waals surface area contributed by atoms with E-state index in [2.05, 4.69) is 67.7 Å². The van der Waals surface area contributed by atoms with Crippen LogP contribution in [0.25, 0.3) is 0 Å². The molecule has 0 aliphatic heterocycles. The molecule has 0 saturated heterocycles. The van der Waals surface area contributed by atoms with Crippen molar-refractivity contribution in [2.45, 2.75) is 126 Å². The molecule has 0 amide bonds. The van der Waals surface area contributed by atoms with E-state index in [4.69, 9.17) is 13.3 Å². The number of unbranched alkanes of at least 4 members (excludes halogenated alkanes) is 6. The largest absolute Gasteiger partial charge is 0.591 e. The molecule has 0 bridgehead atoms. The Bertz CT molecular complexity index is 511. The predicted octanol–water partition coefficient (Wildman–Crippen LogP) is 7.24. The number of hydrogen-bond donors (Lipinski definition) is 0. The van der Waals surface area contributed by atoms with E-state index in [1.807, 2.05) is 6.92 Å². The molecule has 0 fully saturated rings. The Morgan fingerprint density at radius 3 is 0.875 bits per heavy atom. The summed E-state index contributed by atoms with van der Waals surface area (Å²) in [5.74, 6) is 3.12. The van der Waals surface area contributed by atoms with Crippen molar-refractivity contribution >= 4 is 8.80 Å². The van der Waals surface area contributed by atoms with Crippen LogP contribution in [-0.4, -0.2) is 102 Å². The lowest BCUT2D eigenvalue weighted by Crippen LogP contribution is -2.49. The van der Waals surface area contributed by atoms with Gasteiger partial charge in [-0.15, -0.1) is 5.92 Å². The summed E-state index contributed by atoms with van der Waals surface area (Å²) in [4.78, 5) is 7.62. The van der Waals surface area contributed by atoms with Crippen LogP contribution in [0.1, 0.15) is 126 Å². The summed E-state index contributed by atoms with van der Waals surface area (Å²) >= 11 is 0. The molecule has 0 N–H and O–H groups in total. The van der Waals surface area contributed by atoms with E-state index < -0.39 is 8.80 Å². The van der Waals surface area contributed by atoms with Crippen molar-refractivity contribution in [1.29, 1.82) is 0 Å². The molecule has 0 heterocycles. The van der Waals surface area contributed by atoms with Crippen LogP contribution < -0.4 is 0 Å². The Morgan fingerprint density at radius 2 is 0.675 bits per heavy atom. The van der Waals surface area contributed by atoms with Crippen LogP contribution in [-0.2, 0) is 13.3 Å². The fourth-order valence-electron chi connectivity index (χ4n) is 4.61. The van der Waals surface area contributed by atoms with Gasteiger partial charge in [0.25, 0.3) is 0 Å². The van der Waals surface area contributed by atoms with Gasteiger partial charge in [0, 0.05) is 19.6 Å². The average Bonchev–Trinajstić information content (AvgIpc) is 2.96. The molecule has 0 unspecified atom stereocenters. The summed E-state index contributed by atoms with van der Waals surface area (Å²) < 4.78 is 19.8. The molecule has 40 heavy (non-hydrogen) atoms. The first-order chi connectivity index (χ1) is 19.5. The monoisotopic (exact) mass is 584 g/mol. The smallest absolute Gasteiger partial charge is 0.363 e. The molecule has 0 aromatic heterocycles. The van der Waals surface area contributed by atoms with Crippen molar-refractivity contribution in [2.24, 2.45) is 0 Å². The highest BCUT2D eigenvalue weighted by Gasteiger charge is 2.41. The van der Waals surface area contributed by atoms with Gasteiger partial charge in [0.1, 0.15) is 0 Å². The fourth-order valence-corrected chi connectivity index (χ4v) is 6.46. The van der Waals surface area contributed by atoms with Gasteiger partial charge in [-0.2, -0.15) is 0 Å². The average molecular weight is 584 g/mol. The van der Waals surface area contributed by atoms with Crippen LogP contribution in [0.4, 0.5) is 0 Å². The van der Waals surface area contributed by atoms with Crippen molar-refractivity contribution < 1.29 is 13.3 Å². The first-order valence-corrected chi connectivity index (χ1v) is 18.8. The zero-order chi connectivity index (χ0) is 29.7. The molecule has 7 heteroatoms. The quantitative estimate of drug-likeness (QED) is 0.0655. The van der Waals surface area contributed by atoms with Crippen LogP contribution >= 0.6 is 0 Å². The maximum Gasteiger partial charge on any atom is 0.591 e. The number of nitrogens with zero attached hydrogens (tertiary/aromatic N) is 3. The maximum atomic E-state index is 6.59. The zero-order valence-corrected chi connectivity index (χ0v) is 29.0. The van der Waals surface area contributed by atoms with Gasteiger partial charge in [0.2, 0.25) is 0 Å². The third-order valence-electron chi connectivity index (χ3n) is 7.34. The number of hydrogen-bond acceptors (Lipinski definition) is 6. The van der Waals surface area contributed by atoms with Gasteiger partial charge < -0.3 is 28.0 Å². The van der Waals surface area contributed by atoms with E-state index >= 15 is 0 Å². The fraction of sp³-hybridized carbons (Fsp3) is 0.939. The minimum atomic E-state index is -3.12. The van der Waals surface area contributed by atoms with Crippen LogP contribution in [0.2, 0.25) is 0 Å². The second kappa shape index (κ2) is 28.6. The second-order valence-corrected chi connectivity index (χ2v) is 13.4. The topological polar surface area (TPSA) is 37.4 Å².